The maximum atomic E-state index is 12.4. The molecule has 27 heavy (non-hydrogen) atoms. The number of anilines is 2. The van der Waals surface area contributed by atoms with E-state index in [0.717, 1.165) is 22.5 Å². The number of hydrogen-bond donors (Lipinski definition) is 1. The highest BCUT2D eigenvalue weighted by molar-refractivity contribution is 6.30. The van der Waals surface area contributed by atoms with Crippen LogP contribution in [-0.4, -0.2) is 18.4 Å². The number of nitrogens with one attached hydrogen (secondary N) is 1. The van der Waals surface area contributed by atoms with Gasteiger partial charge in [-0.05, 0) is 47.7 Å². The van der Waals surface area contributed by atoms with E-state index in [-0.39, 0.29) is 23.7 Å². The van der Waals surface area contributed by atoms with Gasteiger partial charge in [-0.2, -0.15) is 0 Å². The normalized spacial score (nSPS) is 11.2. The van der Waals surface area contributed by atoms with Gasteiger partial charge in [0.25, 0.3) is 0 Å². The van der Waals surface area contributed by atoms with E-state index in [1.54, 1.807) is 23.1 Å². The fourth-order valence-corrected chi connectivity index (χ4v) is 3.21. The molecule has 0 aromatic heterocycles. The molecule has 0 aliphatic heterocycles. The fourth-order valence-electron chi connectivity index (χ4n) is 2.98. The van der Waals surface area contributed by atoms with Gasteiger partial charge < -0.3 is 10.2 Å². The molecule has 0 heterocycles. The molecular weight excluding hydrogens is 360 g/mol. The van der Waals surface area contributed by atoms with Crippen LogP contribution in [0.4, 0.5) is 11.4 Å². The fraction of sp³-hybridized carbons (Fsp3) is 0.364. The molecule has 0 aliphatic rings. The van der Waals surface area contributed by atoms with Crippen molar-refractivity contribution in [3.8, 4) is 0 Å². The van der Waals surface area contributed by atoms with Gasteiger partial charge >= 0.3 is 0 Å². The van der Waals surface area contributed by atoms with Gasteiger partial charge in [0, 0.05) is 36.3 Å². The van der Waals surface area contributed by atoms with Crippen LogP contribution < -0.4 is 10.2 Å². The Morgan fingerprint density at radius 2 is 1.78 bits per heavy atom. The monoisotopic (exact) mass is 386 g/mol. The van der Waals surface area contributed by atoms with Crippen molar-refractivity contribution in [3.63, 3.8) is 0 Å². The number of hydrogen-bond acceptors (Lipinski definition) is 2. The number of carbonyl (C=O) groups is 2. The second kappa shape index (κ2) is 8.57. The minimum atomic E-state index is -0.139. The highest BCUT2D eigenvalue weighted by atomic mass is 35.5. The van der Waals surface area contributed by atoms with Gasteiger partial charge in [0.05, 0.1) is 0 Å². The summed E-state index contributed by atoms with van der Waals surface area (Å²) in [4.78, 5) is 26.3. The van der Waals surface area contributed by atoms with Crippen LogP contribution in [0.15, 0.2) is 42.5 Å². The van der Waals surface area contributed by atoms with Gasteiger partial charge in [-0.25, -0.2) is 0 Å². The van der Waals surface area contributed by atoms with Crippen molar-refractivity contribution >= 4 is 34.8 Å². The molecule has 0 atom stereocenters. The van der Waals surface area contributed by atoms with Crippen LogP contribution in [0.25, 0.3) is 0 Å². The van der Waals surface area contributed by atoms with Crippen LogP contribution in [-0.2, 0) is 15.0 Å². The quantitative estimate of drug-likeness (QED) is 0.755. The van der Waals surface area contributed by atoms with Crippen molar-refractivity contribution in [2.45, 2.75) is 46.5 Å². The van der Waals surface area contributed by atoms with Crippen LogP contribution >= 0.6 is 11.6 Å². The lowest BCUT2D eigenvalue weighted by Gasteiger charge is -2.29. The average molecular weight is 387 g/mol. The summed E-state index contributed by atoms with van der Waals surface area (Å²) >= 11 is 5.95. The Bertz CT molecular complexity index is 840. The van der Waals surface area contributed by atoms with Crippen molar-refractivity contribution < 1.29 is 9.59 Å². The minimum Gasteiger partial charge on any atom is -0.326 e. The first-order chi connectivity index (χ1) is 12.6. The van der Waals surface area contributed by atoms with Gasteiger partial charge in [-0.1, -0.05) is 50.6 Å². The Balaban J connectivity index is 2.14. The maximum absolute atomic E-state index is 12.4. The zero-order valence-corrected chi connectivity index (χ0v) is 17.4. The molecule has 2 rings (SSSR count). The summed E-state index contributed by atoms with van der Waals surface area (Å²) in [5.74, 6) is -0.220. The van der Waals surface area contributed by atoms with Gasteiger partial charge in [0.15, 0.2) is 0 Å². The lowest BCUT2D eigenvalue weighted by molar-refractivity contribution is -0.117. The highest BCUT2D eigenvalue weighted by Crippen LogP contribution is 2.32. The standard InChI is InChI=1S/C22H27ClN2O2/c1-15-14-17(23)10-11-19(15)24-21(27)12-13-25(16(2)26)20-9-7-6-8-18(20)22(3,4)5/h6-11,14H,12-13H2,1-5H3,(H,24,27). The molecule has 0 spiro atoms. The Labute approximate surface area is 166 Å². The molecule has 2 amide bonds. The molecule has 0 bridgehead atoms. The summed E-state index contributed by atoms with van der Waals surface area (Å²) in [6.07, 6.45) is 0.208. The molecule has 0 saturated heterocycles. The van der Waals surface area contributed by atoms with Crippen LogP contribution in [0.5, 0.6) is 0 Å². The number of halogens is 1. The number of nitrogens with zero attached hydrogens (tertiary/aromatic N) is 1. The van der Waals surface area contributed by atoms with Gasteiger partial charge in [-0.15, -0.1) is 0 Å². The molecule has 0 fully saturated rings. The SMILES string of the molecule is CC(=O)N(CCC(=O)Nc1ccc(Cl)cc1C)c1ccccc1C(C)(C)C. The van der Waals surface area contributed by atoms with E-state index in [1.165, 1.54) is 6.92 Å². The summed E-state index contributed by atoms with van der Waals surface area (Å²) in [6.45, 7) is 10.1. The first-order valence-corrected chi connectivity index (χ1v) is 9.41. The van der Waals surface area contributed by atoms with Crippen molar-refractivity contribution in [1.29, 1.82) is 0 Å². The highest BCUT2D eigenvalue weighted by Gasteiger charge is 2.23. The average Bonchev–Trinajstić information content (AvgIpc) is 2.57. The zero-order chi connectivity index (χ0) is 20.2. The van der Waals surface area contributed by atoms with Crippen molar-refractivity contribution in [2.24, 2.45) is 0 Å². The van der Waals surface area contributed by atoms with E-state index in [1.807, 2.05) is 31.2 Å². The largest absolute Gasteiger partial charge is 0.326 e. The van der Waals surface area contributed by atoms with Crippen molar-refractivity contribution in [2.75, 3.05) is 16.8 Å². The molecule has 0 aliphatic carbocycles. The number of amides is 2. The van der Waals surface area contributed by atoms with Crippen LogP contribution in [0, 0.1) is 6.92 Å². The van der Waals surface area contributed by atoms with Crippen LogP contribution in [0.1, 0.15) is 45.2 Å². The topological polar surface area (TPSA) is 49.4 Å². The number of carbonyl (C=O) groups excluding carboxylic acids is 2. The Morgan fingerprint density at radius 3 is 2.37 bits per heavy atom. The van der Waals surface area contributed by atoms with E-state index in [0.29, 0.717) is 11.6 Å². The Morgan fingerprint density at radius 1 is 1.11 bits per heavy atom. The third-order valence-corrected chi connectivity index (χ3v) is 4.64. The molecule has 4 nitrogen and oxygen atoms in total. The second-order valence-corrected chi connectivity index (χ2v) is 8.13. The summed E-state index contributed by atoms with van der Waals surface area (Å²) in [6, 6.07) is 13.2. The summed E-state index contributed by atoms with van der Waals surface area (Å²) in [5.41, 5.74) is 3.46. The summed E-state index contributed by atoms with van der Waals surface area (Å²) < 4.78 is 0. The molecule has 0 unspecified atom stereocenters. The van der Waals surface area contributed by atoms with Crippen molar-refractivity contribution in [1.82, 2.24) is 0 Å². The summed E-state index contributed by atoms with van der Waals surface area (Å²) in [5, 5.41) is 3.52. The third-order valence-electron chi connectivity index (χ3n) is 4.41. The predicted octanol–water partition coefficient (Wildman–Crippen LogP) is 5.33. The first-order valence-electron chi connectivity index (χ1n) is 9.03. The molecule has 2 aromatic rings. The lowest BCUT2D eigenvalue weighted by atomic mass is 9.85. The predicted molar refractivity (Wildman–Crippen MR) is 113 cm³/mol. The Kier molecular flexibility index (Phi) is 6.66. The number of benzene rings is 2. The smallest absolute Gasteiger partial charge is 0.226 e. The third kappa shape index (κ3) is 5.57. The second-order valence-electron chi connectivity index (χ2n) is 7.70. The van der Waals surface area contributed by atoms with E-state index in [2.05, 4.69) is 26.1 Å². The van der Waals surface area contributed by atoms with E-state index < -0.39 is 0 Å². The molecule has 2 aromatic carbocycles. The van der Waals surface area contributed by atoms with E-state index >= 15 is 0 Å². The molecule has 1 N–H and O–H groups in total. The minimum absolute atomic E-state index is 0.0813. The van der Waals surface area contributed by atoms with Gasteiger partial charge in [0.2, 0.25) is 11.8 Å². The maximum Gasteiger partial charge on any atom is 0.226 e. The van der Waals surface area contributed by atoms with Gasteiger partial charge in [-0.3, -0.25) is 9.59 Å². The molecule has 0 saturated carbocycles. The number of para-hydroxylation sites is 1. The van der Waals surface area contributed by atoms with E-state index in [4.69, 9.17) is 11.6 Å². The van der Waals surface area contributed by atoms with Crippen molar-refractivity contribution in [3.05, 3.63) is 58.6 Å². The molecular formula is C22H27ClN2O2. The number of rotatable bonds is 5. The molecule has 5 heteroatoms. The summed E-state index contributed by atoms with van der Waals surface area (Å²) in [7, 11) is 0. The molecule has 0 radical (unpaired) electrons. The zero-order valence-electron chi connectivity index (χ0n) is 16.6. The van der Waals surface area contributed by atoms with E-state index in [9.17, 15) is 9.59 Å². The molecule has 144 valence electrons. The van der Waals surface area contributed by atoms with Crippen LogP contribution in [0.2, 0.25) is 5.02 Å². The first kappa shape index (κ1) is 21.0. The van der Waals surface area contributed by atoms with Gasteiger partial charge in [0.1, 0.15) is 0 Å². The number of aryl methyl sites for hydroxylation is 1. The Hall–Kier alpha value is -2.33. The lowest BCUT2D eigenvalue weighted by Crippen LogP contribution is -2.34. The van der Waals surface area contributed by atoms with Crippen LogP contribution in [0.3, 0.4) is 0 Å².